The van der Waals surface area contributed by atoms with E-state index in [1.54, 1.807) is 4.90 Å². The maximum atomic E-state index is 12.4. The van der Waals surface area contributed by atoms with E-state index in [2.05, 4.69) is 20.8 Å². The first-order valence-corrected chi connectivity index (χ1v) is 5.91. The van der Waals surface area contributed by atoms with Crippen LogP contribution in [-0.2, 0) is 9.59 Å². The number of amides is 1. The third-order valence-electron chi connectivity index (χ3n) is 3.49. The molecule has 0 heterocycles. The third kappa shape index (κ3) is 3.32. The highest BCUT2D eigenvalue weighted by Gasteiger charge is 2.41. The summed E-state index contributed by atoms with van der Waals surface area (Å²) in [4.78, 5) is 24.6. The van der Waals surface area contributed by atoms with Gasteiger partial charge in [-0.2, -0.15) is 0 Å². The minimum Gasteiger partial charge on any atom is -0.335 e. The summed E-state index contributed by atoms with van der Waals surface area (Å²) in [5.41, 5.74) is -0.565. The second-order valence-corrected chi connectivity index (χ2v) is 5.79. The summed E-state index contributed by atoms with van der Waals surface area (Å²) in [7, 11) is 0. The molecule has 0 aromatic rings. The SMILES string of the molecule is CCCN(CC=O)C(=O)C(C)(C)C(C)(C)C. The van der Waals surface area contributed by atoms with E-state index in [-0.39, 0.29) is 17.9 Å². The number of nitrogens with zero attached hydrogens (tertiary/aromatic N) is 1. The lowest BCUT2D eigenvalue weighted by Crippen LogP contribution is -2.48. The van der Waals surface area contributed by atoms with Crippen molar-refractivity contribution in [3.8, 4) is 0 Å². The lowest BCUT2D eigenvalue weighted by atomic mass is 9.68. The molecule has 0 aliphatic heterocycles. The minimum absolute atomic E-state index is 0.0638. The number of carbonyl (C=O) groups excluding carboxylic acids is 2. The van der Waals surface area contributed by atoms with E-state index in [9.17, 15) is 9.59 Å². The Bertz CT molecular complexity index is 251. The summed E-state index contributed by atoms with van der Waals surface area (Å²) in [5.74, 6) is 0.0638. The van der Waals surface area contributed by atoms with Gasteiger partial charge < -0.3 is 9.69 Å². The van der Waals surface area contributed by atoms with Gasteiger partial charge in [0.25, 0.3) is 0 Å². The van der Waals surface area contributed by atoms with Gasteiger partial charge in [-0.25, -0.2) is 0 Å². The van der Waals surface area contributed by atoms with Gasteiger partial charge in [0.2, 0.25) is 5.91 Å². The van der Waals surface area contributed by atoms with Crippen LogP contribution in [0.5, 0.6) is 0 Å². The highest BCUT2D eigenvalue weighted by molar-refractivity contribution is 5.84. The molecule has 1 amide bonds. The van der Waals surface area contributed by atoms with Gasteiger partial charge in [-0.15, -0.1) is 0 Å². The molecule has 0 bridgehead atoms. The predicted octanol–water partition coefficient (Wildman–Crippen LogP) is 2.50. The summed E-state index contributed by atoms with van der Waals surface area (Å²) < 4.78 is 0. The zero-order valence-corrected chi connectivity index (χ0v) is 11.5. The third-order valence-corrected chi connectivity index (χ3v) is 3.49. The molecule has 0 saturated carbocycles. The van der Waals surface area contributed by atoms with E-state index < -0.39 is 5.41 Å². The molecule has 0 saturated heterocycles. The molecule has 16 heavy (non-hydrogen) atoms. The Balaban J connectivity index is 4.91. The molecule has 0 rings (SSSR count). The Morgan fingerprint density at radius 3 is 2.00 bits per heavy atom. The lowest BCUT2D eigenvalue weighted by Gasteiger charge is -2.40. The second-order valence-electron chi connectivity index (χ2n) is 5.79. The highest BCUT2D eigenvalue weighted by Crippen LogP contribution is 2.39. The normalized spacial score (nSPS) is 12.4. The Hall–Kier alpha value is -0.860. The molecule has 0 spiro atoms. The number of hydrogen-bond acceptors (Lipinski definition) is 2. The van der Waals surface area contributed by atoms with E-state index >= 15 is 0 Å². The first kappa shape index (κ1) is 15.1. The molecule has 0 aliphatic rings. The number of aldehydes is 1. The Labute approximate surface area is 99.2 Å². The van der Waals surface area contributed by atoms with Crippen LogP contribution in [0.2, 0.25) is 0 Å². The van der Waals surface area contributed by atoms with Crippen molar-refractivity contribution < 1.29 is 9.59 Å². The van der Waals surface area contributed by atoms with Crippen LogP contribution in [0.3, 0.4) is 0 Å². The van der Waals surface area contributed by atoms with Gasteiger partial charge in [-0.1, -0.05) is 41.5 Å². The van der Waals surface area contributed by atoms with Crippen LogP contribution in [0.1, 0.15) is 48.0 Å². The Kier molecular flexibility index (Phi) is 5.17. The fraction of sp³-hybridized carbons (Fsp3) is 0.846. The van der Waals surface area contributed by atoms with Gasteiger partial charge in [0.1, 0.15) is 6.29 Å². The van der Waals surface area contributed by atoms with Gasteiger partial charge >= 0.3 is 0 Å². The largest absolute Gasteiger partial charge is 0.335 e. The zero-order chi connectivity index (χ0) is 13.0. The van der Waals surface area contributed by atoms with Crippen LogP contribution >= 0.6 is 0 Å². The Morgan fingerprint density at radius 1 is 1.19 bits per heavy atom. The molecule has 0 fully saturated rings. The van der Waals surface area contributed by atoms with Crippen LogP contribution in [0.25, 0.3) is 0 Å². The summed E-state index contributed by atoms with van der Waals surface area (Å²) in [6, 6.07) is 0. The fourth-order valence-electron chi connectivity index (χ4n) is 1.35. The topological polar surface area (TPSA) is 37.4 Å². The standard InChI is InChI=1S/C13H25NO2/c1-7-8-14(9-10-15)11(16)13(5,6)12(2,3)4/h10H,7-9H2,1-6H3. The molecule has 3 nitrogen and oxygen atoms in total. The quantitative estimate of drug-likeness (QED) is 0.677. The average Bonchev–Trinajstić information content (AvgIpc) is 2.14. The fourth-order valence-corrected chi connectivity index (χ4v) is 1.35. The smallest absolute Gasteiger partial charge is 0.229 e. The maximum absolute atomic E-state index is 12.4. The summed E-state index contributed by atoms with van der Waals surface area (Å²) in [6.07, 6.45) is 1.67. The molecule has 0 unspecified atom stereocenters. The highest BCUT2D eigenvalue weighted by atomic mass is 16.2. The van der Waals surface area contributed by atoms with Crippen molar-refractivity contribution in [3.05, 3.63) is 0 Å². The summed E-state index contributed by atoms with van der Waals surface area (Å²) >= 11 is 0. The van der Waals surface area contributed by atoms with Crippen LogP contribution in [0, 0.1) is 10.8 Å². The molecule has 3 heteroatoms. The summed E-state index contributed by atoms with van der Waals surface area (Å²) in [5, 5.41) is 0. The molecule has 0 aromatic heterocycles. The van der Waals surface area contributed by atoms with E-state index in [1.165, 1.54) is 0 Å². The molecule has 0 atom stereocenters. The van der Waals surface area contributed by atoms with Crippen LogP contribution < -0.4 is 0 Å². The lowest BCUT2D eigenvalue weighted by molar-refractivity contribution is -0.147. The van der Waals surface area contributed by atoms with E-state index in [0.29, 0.717) is 6.54 Å². The molecule has 0 N–H and O–H groups in total. The van der Waals surface area contributed by atoms with Gasteiger partial charge in [0.05, 0.1) is 6.54 Å². The van der Waals surface area contributed by atoms with Crippen molar-refractivity contribution in [2.75, 3.05) is 13.1 Å². The van der Waals surface area contributed by atoms with Crippen LogP contribution in [-0.4, -0.2) is 30.2 Å². The average molecular weight is 227 g/mol. The first-order valence-electron chi connectivity index (χ1n) is 5.91. The maximum Gasteiger partial charge on any atom is 0.229 e. The van der Waals surface area contributed by atoms with Crippen molar-refractivity contribution in [1.29, 1.82) is 0 Å². The first-order chi connectivity index (χ1) is 7.18. The van der Waals surface area contributed by atoms with E-state index in [0.717, 1.165) is 12.7 Å². The minimum atomic E-state index is -0.453. The van der Waals surface area contributed by atoms with Gasteiger partial charge in [-0.3, -0.25) is 4.79 Å². The Morgan fingerprint density at radius 2 is 1.69 bits per heavy atom. The van der Waals surface area contributed by atoms with Gasteiger partial charge in [0.15, 0.2) is 0 Å². The molecule has 0 aliphatic carbocycles. The van der Waals surface area contributed by atoms with Crippen molar-refractivity contribution in [2.24, 2.45) is 10.8 Å². The number of rotatable bonds is 5. The van der Waals surface area contributed by atoms with E-state index in [1.807, 2.05) is 20.8 Å². The van der Waals surface area contributed by atoms with Crippen molar-refractivity contribution >= 4 is 12.2 Å². The molecular formula is C13H25NO2. The van der Waals surface area contributed by atoms with Gasteiger partial charge in [0, 0.05) is 12.0 Å². The van der Waals surface area contributed by atoms with Crippen LogP contribution in [0.15, 0.2) is 0 Å². The molecule has 0 aromatic carbocycles. The molecule has 94 valence electrons. The van der Waals surface area contributed by atoms with Crippen molar-refractivity contribution in [1.82, 2.24) is 4.90 Å². The predicted molar refractivity (Wildman–Crippen MR) is 66.2 cm³/mol. The van der Waals surface area contributed by atoms with Gasteiger partial charge in [-0.05, 0) is 11.8 Å². The number of carbonyl (C=O) groups is 2. The monoisotopic (exact) mass is 227 g/mol. The van der Waals surface area contributed by atoms with Crippen molar-refractivity contribution in [3.63, 3.8) is 0 Å². The summed E-state index contributed by atoms with van der Waals surface area (Å²) in [6.45, 7) is 12.9. The zero-order valence-electron chi connectivity index (χ0n) is 11.5. The molecule has 0 radical (unpaired) electrons. The van der Waals surface area contributed by atoms with Crippen LogP contribution in [0.4, 0.5) is 0 Å². The van der Waals surface area contributed by atoms with E-state index in [4.69, 9.17) is 0 Å². The second kappa shape index (κ2) is 5.46. The number of hydrogen-bond donors (Lipinski definition) is 0. The molecular weight excluding hydrogens is 202 g/mol. The van der Waals surface area contributed by atoms with Crippen molar-refractivity contribution in [2.45, 2.75) is 48.0 Å².